The van der Waals surface area contributed by atoms with Crippen molar-refractivity contribution in [2.45, 2.75) is 6.10 Å². The molecule has 0 fully saturated rings. The molecule has 0 saturated heterocycles. The number of rotatable bonds is 2. The van der Waals surface area contributed by atoms with Gasteiger partial charge in [-0.25, -0.2) is 9.78 Å². The second kappa shape index (κ2) is 4.26. The standard InChI is InChI=1S/C11H12O3/c1-12-10-6-3-2-5-9(10)11-7-4-8-13-14-11/h2-7,11H,8H2,1H3/t11-/m0/s1. The van der Waals surface area contributed by atoms with Crippen molar-refractivity contribution in [3.05, 3.63) is 42.0 Å². The fraction of sp³-hybridized carbons (Fsp3) is 0.273. The Morgan fingerprint density at radius 1 is 1.36 bits per heavy atom. The average molecular weight is 192 g/mol. The molecule has 0 aromatic heterocycles. The van der Waals surface area contributed by atoms with Gasteiger partial charge in [-0.05, 0) is 12.1 Å². The van der Waals surface area contributed by atoms with Crippen molar-refractivity contribution in [3.63, 3.8) is 0 Å². The Hall–Kier alpha value is -1.32. The minimum Gasteiger partial charge on any atom is -0.496 e. The van der Waals surface area contributed by atoms with Crippen molar-refractivity contribution >= 4 is 0 Å². The smallest absolute Gasteiger partial charge is 0.140 e. The van der Waals surface area contributed by atoms with Gasteiger partial charge in [-0.2, -0.15) is 0 Å². The second-order valence-electron chi connectivity index (χ2n) is 2.97. The molecule has 1 aromatic carbocycles. The van der Waals surface area contributed by atoms with Crippen molar-refractivity contribution in [1.82, 2.24) is 0 Å². The Morgan fingerprint density at radius 2 is 2.21 bits per heavy atom. The highest BCUT2D eigenvalue weighted by atomic mass is 17.2. The van der Waals surface area contributed by atoms with Crippen LogP contribution in [0.5, 0.6) is 5.75 Å². The maximum atomic E-state index is 5.23. The van der Waals surface area contributed by atoms with Crippen LogP contribution in [0.1, 0.15) is 11.7 Å². The summed E-state index contributed by atoms with van der Waals surface area (Å²) in [6.45, 7) is 0.506. The van der Waals surface area contributed by atoms with Crippen molar-refractivity contribution in [3.8, 4) is 5.75 Å². The molecule has 1 heterocycles. The minimum absolute atomic E-state index is 0.167. The predicted molar refractivity (Wildman–Crippen MR) is 51.9 cm³/mol. The van der Waals surface area contributed by atoms with Crippen LogP contribution in [0.3, 0.4) is 0 Å². The monoisotopic (exact) mass is 192 g/mol. The van der Waals surface area contributed by atoms with Crippen LogP contribution >= 0.6 is 0 Å². The van der Waals surface area contributed by atoms with Crippen LogP contribution in [0.25, 0.3) is 0 Å². The zero-order valence-corrected chi connectivity index (χ0v) is 7.97. The van der Waals surface area contributed by atoms with Crippen molar-refractivity contribution in [1.29, 1.82) is 0 Å². The lowest BCUT2D eigenvalue weighted by molar-refractivity contribution is -0.315. The lowest BCUT2D eigenvalue weighted by Gasteiger charge is -2.18. The van der Waals surface area contributed by atoms with Gasteiger partial charge in [0.15, 0.2) is 0 Å². The van der Waals surface area contributed by atoms with E-state index in [1.165, 1.54) is 0 Å². The second-order valence-corrected chi connectivity index (χ2v) is 2.97. The zero-order chi connectivity index (χ0) is 9.80. The number of methoxy groups -OCH3 is 1. The van der Waals surface area contributed by atoms with E-state index in [1.54, 1.807) is 7.11 Å². The lowest BCUT2D eigenvalue weighted by atomic mass is 10.1. The van der Waals surface area contributed by atoms with Gasteiger partial charge in [-0.3, -0.25) is 0 Å². The van der Waals surface area contributed by atoms with E-state index in [2.05, 4.69) is 0 Å². The quantitative estimate of drug-likeness (QED) is 0.531. The summed E-state index contributed by atoms with van der Waals surface area (Å²) in [6, 6.07) is 7.74. The molecular formula is C11H12O3. The molecule has 2 rings (SSSR count). The van der Waals surface area contributed by atoms with Crippen LogP contribution in [0.2, 0.25) is 0 Å². The summed E-state index contributed by atoms with van der Waals surface area (Å²) in [7, 11) is 1.65. The molecule has 3 heteroatoms. The van der Waals surface area contributed by atoms with Crippen LogP contribution in [0.15, 0.2) is 36.4 Å². The third kappa shape index (κ3) is 1.78. The van der Waals surface area contributed by atoms with E-state index in [-0.39, 0.29) is 6.10 Å². The molecule has 1 aromatic rings. The Kier molecular flexibility index (Phi) is 2.81. The van der Waals surface area contributed by atoms with Crippen molar-refractivity contribution in [2.75, 3.05) is 13.7 Å². The fourth-order valence-corrected chi connectivity index (χ4v) is 1.42. The highest BCUT2D eigenvalue weighted by molar-refractivity contribution is 5.37. The third-order valence-corrected chi connectivity index (χ3v) is 2.09. The molecular weight excluding hydrogens is 180 g/mol. The highest BCUT2D eigenvalue weighted by Crippen LogP contribution is 2.29. The summed E-state index contributed by atoms with van der Waals surface area (Å²) in [4.78, 5) is 10.0. The number of benzene rings is 1. The van der Waals surface area contributed by atoms with Gasteiger partial charge in [0.25, 0.3) is 0 Å². The summed E-state index contributed by atoms with van der Waals surface area (Å²) in [5.41, 5.74) is 0.978. The molecule has 0 aliphatic carbocycles. The van der Waals surface area contributed by atoms with Crippen molar-refractivity contribution in [2.24, 2.45) is 0 Å². The molecule has 0 bridgehead atoms. The van der Waals surface area contributed by atoms with E-state index in [4.69, 9.17) is 14.5 Å². The van der Waals surface area contributed by atoms with Gasteiger partial charge in [0.2, 0.25) is 0 Å². The average Bonchev–Trinajstić information content (AvgIpc) is 2.30. The lowest BCUT2D eigenvalue weighted by Crippen LogP contribution is -2.08. The Bertz CT molecular complexity index is 333. The van der Waals surface area contributed by atoms with E-state index in [0.29, 0.717) is 6.61 Å². The minimum atomic E-state index is -0.167. The largest absolute Gasteiger partial charge is 0.496 e. The molecule has 1 aliphatic rings. The van der Waals surface area contributed by atoms with Crippen LogP contribution in [-0.2, 0) is 9.78 Å². The van der Waals surface area contributed by atoms with Crippen LogP contribution in [0.4, 0.5) is 0 Å². The SMILES string of the molecule is COc1ccccc1[C@@H]1C=CCOO1. The van der Waals surface area contributed by atoms with Crippen molar-refractivity contribution < 1.29 is 14.5 Å². The van der Waals surface area contributed by atoms with E-state index in [0.717, 1.165) is 11.3 Å². The Morgan fingerprint density at radius 3 is 2.93 bits per heavy atom. The number of hydrogen-bond donors (Lipinski definition) is 0. The van der Waals surface area contributed by atoms with Crippen LogP contribution < -0.4 is 4.74 Å². The predicted octanol–water partition coefficient (Wildman–Crippen LogP) is 2.25. The van der Waals surface area contributed by atoms with E-state index in [1.807, 2.05) is 36.4 Å². The van der Waals surface area contributed by atoms with Gasteiger partial charge in [0, 0.05) is 5.56 Å². The first-order valence-electron chi connectivity index (χ1n) is 4.49. The summed E-state index contributed by atoms with van der Waals surface area (Å²) < 4.78 is 5.23. The number of ether oxygens (including phenoxy) is 1. The summed E-state index contributed by atoms with van der Waals surface area (Å²) >= 11 is 0. The molecule has 14 heavy (non-hydrogen) atoms. The maximum Gasteiger partial charge on any atom is 0.140 e. The van der Waals surface area contributed by atoms with E-state index in [9.17, 15) is 0 Å². The molecule has 3 nitrogen and oxygen atoms in total. The summed E-state index contributed by atoms with van der Waals surface area (Å²) in [5.74, 6) is 0.813. The highest BCUT2D eigenvalue weighted by Gasteiger charge is 2.16. The summed E-state index contributed by atoms with van der Waals surface area (Å²) in [5, 5.41) is 0. The van der Waals surface area contributed by atoms with Gasteiger partial charge >= 0.3 is 0 Å². The zero-order valence-electron chi connectivity index (χ0n) is 7.97. The molecule has 0 amide bonds. The van der Waals surface area contributed by atoms with E-state index < -0.39 is 0 Å². The van der Waals surface area contributed by atoms with Gasteiger partial charge in [-0.1, -0.05) is 24.3 Å². The van der Waals surface area contributed by atoms with E-state index >= 15 is 0 Å². The molecule has 0 saturated carbocycles. The number of hydrogen-bond acceptors (Lipinski definition) is 3. The normalized spacial score (nSPS) is 20.8. The van der Waals surface area contributed by atoms with Gasteiger partial charge in [-0.15, -0.1) is 0 Å². The van der Waals surface area contributed by atoms with Gasteiger partial charge in [0.1, 0.15) is 18.5 Å². The number of para-hydroxylation sites is 1. The molecule has 1 atom stereocenters. The first-order valence-corrected chi connectivity index (χ1v) is 4.49. The molecule has 74 valence electrons. The van der Waals surface area contributed by atoms with Crippen LogP contribution in [-0.4, -0.2) is 13.7 Å². The van der Waals surface area contributed by atoms with Gasteiger partial charge in [0.05, 0.1) is 7.11 Å². The first-order chi connectivity index (χ1) is 6.92. The topological polar surface area (TPSA) is 27.7 Å². The van der Waals surface area contributed by atoms with Crippen LogP contribution in [0, 0.1) is 0 Å². The molecule has 1 aliphatic heterocycles. The molecule has 0 unspecified atom stereocenters. The Labute approximate surface area is 82.8 Å². The third-order valence-electron chi connectivity index (χ3n) is 2.09. The summed E-state index contributed by atoms with van der Waals surface area (Å²) in [6.07, 6.45) is 3.72. The molecule has 0 radical (unpaired) electrons. The molecule has 0 spiro atoms. The Balaban J connectivity index is 2.29. The first kappa shape index (κ1) is 9.24. The van der Waals surface area contributed by atoms with Gasteiger partial charge < -0.3 is 4.74 Å². The maximum absolute atomic E-state index is 5.23. The fourth-order valence-electron chi connectivity index (χ4n) is 1.42. The molecule has 0 N–H and O–H groups in total.